The van der Waals surface area contributed by atoms with Gasteiger partial charge in [0.15, 0.2) is 0 Å². The number of methoxy groups -OCH3 is 1. The van der Waals surface area contributed by atoms with E-state index >= 15 is 0 Å². The molecule has 0 fully saturated rings. The van der Waals surface area contributed by atoms with E-state index in [1.54, 1.807) is 26.2 Å². The van der Waals surface area contributed by atoms with E-state index in [9.17, 15) is 14.4 Å². The summed E-state index contributed by atoms with van der Waals surface area (Å²) in [4.78, 5) is 37.4. The molecule has 1 N–H and O–H groups in total. The van der Waals surface area contributed by atoms with E-state index in [1.807, 2.05) is 6.92 Å². The van der Waals surface area contributed by atoms with E-state index in [0.29, 0.717) is 12.0 Å². The second-order valence-corrected chi connectivity index (χ2v) is 7.46. The van der Waals surface area contributed by atoms with E-state index in [2.05, 4.69) is 26.3 Å². The molecule has 10 heteroatoms. The van der Waals surface area contributed by atoms with Crippen molar-refractivity contribution in [2.45, 2.75) is 33.2 Å². The number of hydrogen-bond donors (Lipinski definition) is 1. The molecule has 0 aromatic carbocycles. The number of nitrogens with one attached hydrogen (secondary N) is 1. The number of carbonyl (C=O) groups excluding carboxylic acids is 3. The van der Waals surface area contributed by atoms with Crippen molar-refractivity contribution in [3.8, 4) is 0 Å². The maximum Gasteiger partial charge on any atom is 0.348 e. The first-order valence-electron chi connectivity index (χ1n) is 8.23. The highest BCUT2D eigenvalue weighted by Gasteiger charge is 2.29. The maximum atomic E-state index is 12.8. The lowest BCUT2D eigenvalue weighted by molar-refractivity contribution is -0.119. The molecule has 146 valence electrons. The summed E-state index contributed by atoms with van der Waals surface area (Å²) < 4.78 is 12.1. The molecule has 2 aromatic rings. The zero-order valence-corrected chi connectivity index (χ0v) is 17.8. The molecular formula is C17H20BrN3O5S. The first-order valence-corrected chi connectivity index (χ1v) is 9.84. The first-order chi connectivity index (χ1) is 12.8. The number of amides is 1. The van der Waals surface area contributed by atoms with E-state index in [-0.39, 0.29) is 28.0 Å². The van der Waals surface area contributed by atoms with Crippen molar-refractivity contribution in [2.75, 3.05) is 19.0 Å². The normalized spacial score (nSPS) is 11.7. The van der Waals surface area contributed by atoms with Crippen molar-refractivity contribution in [2.24, 2.45) is 0 Å². The van der Waals surface area contributed by atoms with Crippen LogP contribution in [0.15, 0.2) is 16.9 Å². The Kier molecular flexibility index (Phi) is 7.14. The van der Waals surface area contributed by atoms with Crippen LogP contribution in [0, 0.1) is 6.92 Å². The highest BCUT2D eigenvalue weighted by atomic mass is 79.9. The summed E-state index contributed by atoms with van der Waals surface area (Å²) in [5.41, 5.74) is 0.561. The Morgan fingerprint density at radius 3 is 2.56 bits per heavy atom. The van der Waals surface area contributed by atoms with E-state index < -0.39 is 18.0 Å². The molecule has 2 aromatic heterocycles. The van der Waals surface area contributed by atoms with Crippen molar-refractivity contribution in [3.05, 3.63) is 32.9 Å². The van der Waals surface area contributed by atoms with Crippen LogP contribution >= 0.6 is 27.3 Å². The van der Waals surface area contributed by atoms with Crippen LogP contribution in [0.2, 0.25) is 0 Å². The van der Waals surface area contributed by atoms with Gasteiger partial charge in [-0.2, -0.15) is 5.10 Å². The zero-order chi connectivity index (χ0) is 20.1. The fourth-order valence-corrected chi connectivity index (χ4v) is 3.91. The molecule has 0 bridgehead atoms. The number of anilines is 1. The minimum Gasteiger partial charge on any atom is -0.465 e. The quantitative estimate of drug-likeness (QED) is 0.637. The number of rotatable bonds is 7. The number of halogens is 1. The fraction of sp³-hybridized carbons (Fsp3) is 0.412. The minimum absolute atomic E-state index is 0.149. The predicted molar refractivity (Wildman–Crippen MR) is 104 cm³/mol. The predicted octanol–water partition coefficient (Wildman–Crippen LogP) is 3.57. The second kappa shape index (κ2) is 9.14. The molecule has 8 nitrogen and oxygen atoms in total. The lowest BCUT2D eigenvalue weighted by Crippen LogP contribution is -2.26. The highest BCUT2D eigenvalue weighted by Crippen LogP contribution is 2.35. The summed E-state index contributed by atoms with van der Waals surface area (Å²) in [5, 5.41) is 7.13. The van der Waals surface area contributed by atoms with Crippen molar-refractivity contribution in [3.63, 3.8) is 0 Å². The summed E-state index contributed by atoms with van der Waals surface area (Å²) in [6.07, 6.45) is 3.77. The molecule has 0 aliphatic rings. The van der Waals surface area contributed by atoms with Gasteiger partial charge in [0.1, 0.15) is 15.9 Å². The average molecular weight is 458 g/mol. The Morgan fingerprint density at radius 2 is 2.04 bits per heavy atom. The molecule has 2 heterocycles. The van der Waals surface area contributed by atoms with Gasteiger partial charge in [-0.1, -0.05) is 6.92 Å². The second-order valence-electron chi connectivity index (χ2n) is 5.52. The molecule has 2 rings (SSSR count). The van der Waals surface area contributed by atoms with E-state index in [4.69, 9.17) is 9.47 Å². The lowest BCUT2D eigenvalue weighted by Gasteiger charge is -2.15. The summed E-state index contributed by atoms with van der Waals surface area (Å²) in [5.74, 6) is -1.53. The highest BCUT2D eigenvalue weighted by molar-refractivity contribution is 9.10. The van der Waals surface area contributed by atoms with Crippen molar-refractivity contribution >= 4 is 50.1 Å². The van der Waals surface area contributed by atoms with Gasteiger partial charge in [-0.3, -0.25) is 9.48 Å². The van der Waals surface area contributed by atoms with Crippen LogP contribution in [0.3, 0.4) is 0 Å². The summed E-state index contributed by atoms with van der Waals surface area (Å²) in [6.45, 7) is 5.37. The molecule has 27 heavy (non-hydrogen) atoms. The summed E-state index contributed by atoms with van der Waals surface area (Å²) in [6, 6.07) is -0.574. The van der Waals surface area contributed by atoms with Crippen LogP contribution in [0.4, 0.5) is 5.00 Å². The van der Waals surface area contributed by atoms with Crippen LogP contribution in [0.25, 0.3) is 0 Å². The third-order valence-electron chi connectivity index (χ3n) is 3.81. The van der Waals surface area contributed by atoms with Gasteiger partial charge in [-0.25, -0.2) is 9.59 Å². The van der Waals surface area contributed by atoms with Gasteiger partial charge in [0.05, 0.1) is 29.9 Å². The third-order valence-corrected chi connectivity index (χ3v) is 5.41. The van der Waals surface area contributed by atoms with Gasteiger partial charge in [0, 0.05) is 6.20 Å². The Morgan fingerprint density at radius 1 is 1.33 bits per heavy atom. The Hall–Kier alpha value is -2.20. The Bertz CT molecular complexity index is 861. The summed E-state index contributed by atoms with van der Waals surface area (Å²) in [7, 11) is 1.24. The smallest absolute Gasteiger partial charge is 0.348 e. The third kappa shape index (κ3) is 4.56. The zero-order valence-electron chi connectivity index (χ0n) is 15.4. The van der Waals surface area contributed by atoms with Crippen molar-refractivity contribution < 1.29 is 23.9 Å². The monoisotopic (exact) mass is 457 g/mol. The molecule has 1 unspecified atom stereocenters. The van der Waals surface area contributed by atoms with Crippen LogP contribution < -0.4 is 5.32 Å². The molecule has 0 saturated heterocycles. The van der Waals surface area contributed by atoms with Crippen molar-refractivity contribution in [1.82, 2.24) is 9.78 Å². The lowest BCUT2D eigenvalue weighted by atomic mass is 10.1. The molecule has 1 atom stereocenters. The molecule has 0 spiro atoms. The fourth-order valence-electron chi connectivity index (χ4n) is 2.51. The van der Waals surface area contributed by atoms with Crippen molar-refractivity contribution in [1.29, 1.82) is 0 Å². The minimum atomic E-state index is -0.635. The average Bonchev–Trinajstić information content (AvgIpc) is 3.19. The van der Waals surface area contributed by atoms with Gasteiger partial charge >= 0.3 is 11.9 Å². The topological polar surface area (TPSA) is 99.5 Å². The SMILES string of the molecule is CCOC(=O)c1sc(NC(=O)C(CC)n2cc(Br)cn2)c(C(=O)OC)c1C. The number of esters is 2. The summed E-state index contributed by atoms with van der Waals surface area (Å²) >= 11 is 4.29. The Labute approximate surface area is 169 Å². The molecule has 0 radical (unpaired) electrons. The van der Waals surface area contributed by atoms with Crippen LogP contribution in [-0.2, 0) is 14.3 Å². The standard InChI is InChI=1S/C17H20BrN3O5S/c1-5-11(21-8-10(18)7-19-21)14(22)20-15-12(16(23)25-4)9(3)13(27-15)17(24)26-6-2/h7-8,11H,5-6H2,1-4H3,(H,20,22). The van der Waals surface area contributed by atoms with Gasteiger partial charge in [-0.05, 0) is 41.8 Å². The van der Waals surface area contributed by atoms with Crippen LogP contribution in [0.5, 0.6) is 0 Å². The van der Waals surface area contributed by atoms with E-state index in [0.717, 1.165) is 15.8 Å². The number of ether oxygens (including phenoxy) is 2. The Balaban J connectivity index is 2.38. The molecule has 0 aliphatic carbocycles. The van der Waals surface area contributed by atoms with Gasteiger partial charge in [0.25, 0.3) is 0 Å². The molecule has 0 aliphatic heterocycles. The van der Waals surface area contributed by atoms with Gasteiger partial charge in [0.2, 0.25) is 5.91 Å². The largest absolute Gasteiger partial charge is 0.465 e. The van der Waals surface area contributed by atoms with Crippen LogP contribution in [-0.4, -0.2) is 41.3 Å². The maximum absolute atomic E-state index is 12.8. The number of carbonyl (C=O) groups is 3. The number of thiophene rings is 1. The molecule has 0 saturated carbocycles. The van der Waals surface area contributed by atoms with Crippen LogP contribution in [0.1, 0.15) is 51.9 Å². The van der Waals surface area contributed by atoms with Gasteiger partial charge < -0.3 is 14.8 Å². The van der Waals surface area contributed by atoms with Gasteiger partial charge in [-0.15, -0.1) is 11.3 Å². The molecule has 1 amide bonds. The number of nitrogens with zero attached hydrogens (tertiary/aromatic N) is 2. The first kappa shape index (κ1) is 21.1. The molecular weight excluding hydrogens is 438 g/mol. The van der Waals surface area contributed by atoms with E-state index in [1.165, 1.54) is 11.8 Å². The number of hydrogen-bond acceptors (Lipinski definition) is 7. The number of aromatic nitrogens is 2.